The number of benzene rings is 1. The number of anilines is 1. The minimum atomic E-state index is -0.538. The molecule has 0 bridgehead atoms. The lowest BCUT2D eigenvalue weighted by molar-refractivity contribution is -0.385. The van der Waals surface area contributed by atoms with Crippen molar-refractivity contribution in [3.63, 3.8) is 0 Å². The van der Waals surface area contributed by atoms with Gasteiger partial charge in [-0.1, -0.05) is 12.1 Å². The molecule has 1 aromatic carbocycles. The van der Waals surface area contributed by atoms with Gasteiger partial charge in [0, 0.05) is 6.54 Å². The van der Waals surface area contributed by atoms with Crippen LogP contribution in [0.15, 0.2) is 36.7 Å². The van der Waals surface area contributed by atoms with Crippen molar-refractivity contribution in [3.8, 4) is 0 Å². The van der Waals surface area contributed by atoms with Gasteiger partial charge in [-0.25, -0.2) is 14.4 Å². The number of hydrogen-bond donors (Lipinski definition) is 0. The molecule has 0 aliphatic carbocycles. The van der Waals surface area contributed by atoms with Crippen molar-refractivity contribution in [2.75, 3.05) is 11.4 Å². The molecule has 1 aliphatic heterocycles. The van der Waals surface area contributed by atoms with Crippen molar-refractivity contribution in [2.45, 2.75) is 12.5 Å². The molecular formula is C13H11FN4O2. The Morgan fingerprint density at radius 3 is 2.65 bits per heavy atom. The van der Waals surface area contributed by atoms with E-state index in [4.69, 9.17) is 0 Å². The highest BCUT2D eigenvalue weighted by molar-refractivity contribution is 5.42. The Hall–Kier alpha value is -2.57. The first kappa shape index (κ1) is 12.5. The van der Waals surface area contributed by atoms with E-state index in [1.54, 1.807) is 6.07 Å². The summed E-state index contributed by atoms with van der Waals surface area (Å²) in [6, 6.07) is 6.42. The van der Waals surface area contributed by atoms with Gasteiger partial charge >= 0.3 is 5.69 Å². The Morgan fingerprint density at radius 2 is 2.10 bits per heavy atom. The van der Waals surface area contributed by atoms with E-state index in [9.17, 15) is 14.5 Å². The van der Waals surface area contributed by atoms with Gasteiger partial charge in [0.1, 0.15) is 18.2 Å². The van der Waals surface area contributed by atoms with Crippen LogP contribution in [0.4, 0.5) is 16.0 Å². The van der Waals surface area contributed by atoms with Crippen molar-refractivity contribution in [2.24, 2.45) is 0 Å². The van der Waals surface area contributed by atoms with Gasteiger partial charge in [-0.15, -0.1) is 0 Å². The van der Waals surface area contributed by atoms with Crippen LogP contribution in [0.25, 0.3) is 0 Å². The zero-order valence-electron chi connectivity index (χ0n) is 10.4. The molecule has 0 spiro atoms. The molecule has 6 nitrogen and oxygen atoms in total. The minimum absolute atomic E-state index is 0.0205. The molecule has 7 heteroatoms. The SMILES string of the molecule is O=[N+]([O-])c1cnc(N2CCC2c2cccc(F)c2)nc1. The molecule has 0 N–H and O–H groups in total. The predicted octanol–water partition coefficient (Wildman–Crippen LogP) is 2.48. The van der Waals surface area contributed by atoms with Gasteiger partial charge in [0.05, 0.1) is 11.0 Å². The van der Waals surface area contributed by atoms with Gasteiger partial charge in [-0.2, -0.15) is 0 Å². The third-order valence-electron chi connectivity index (χ3n) is 3.35. The van der Waals surface area contributed by atoms with Crippen LogP contribution in [0.5, 0.6) is 0 Å². The standard InChI is InChI=1S/C13H11FN4O2/c14-10-3-1-2-9(6-10)12-4-5-17(12)13-15-7-11(8-16-13)18(19)20/h1-3,6-8,12H,4-5H2. The molecular weight excluding hydrogens is 263 g/mol. The van der Waals surface area contributed by atoms with Gasteiger partial charge in [0.25, 0.3) is 0 Å². The van der Waals surface area contributed by atoms with E-state index in [1.165, 1.54) is 24.5 Å². The summed E-state index contributed by atoms with van der Waals surface area (Å²) in [5.74, 6) is 0.148. The molecule has 3 rings (SSSR count). The quantitative estimate of drug-likeness (QED) is 0.635. The lowest BCUT2D eigenvalue weighted by atomic mass is 9.95. The molecule has 2 aromatic rings. The maximum atomic E-state index is 13.2. The van der Waals surface area contributed by atoms with Gasteiger partial charge in [-0.3, -0.25) is 10.1 Å². The average molecular weight is 274 g/mol. The third-order valence-corrected chi connectivity index (χ3v) is 3.35. The van der Waals surface area contributed by atoms with Crippen LogP contribution in [0.3, 0.4) is 0 Å². The summed E-state index contributed by atoms with van der Waals surface area (Å²) in [4.78, 5) is 19.9. The van der Waals surface area contributed by atoms with Gasteiger partial charge in [0.15, 0.2) is 0 Å². The van der Waals surface area contributed by atoms with Gasteiger partial charge in [-0.05, 0) is 24.1 Å². The number of nitrogens with zero attached hydrogens (tertiary/aromatic N) is 4. The lowest BCUT2D eigenvalue weighted by Gasteiger charge is -2.41. The molecule has 1 saturated heterocycles. The fourth-order valence-corrected chi connectivity index (χ4v) is 2.24. The lowest BCUT2D eigenvalue weighted by Crippen LogP contribution is -2.42. The Labute approximate surface area is 114 Å². The summed E-state index contributed by atoms with van der Waals surface area (Å²) >= 11 is 0. The Bertz CT molecular complexity index is 647. The highest BCUT2D eigenvalue weighted by Crippen LogP contribution is 2.36. The number of halogens is 1. The van der Waals surface area contributed by atoms with E-state index in [-0.39, 0.29) is 17.5 Å². The highest BCUT2D eigenvalue weighted by Gasteiger charge is 2.31. The summed E-state index contributed by atoms with van der Waals surface area (Å²) in [7, 11) is 0. The summed E-state index contributed by atoms with van der Waals surface area (Å²) in [5.41, 5.74) is 0.717. The summed E-state index contributed by atoms with van der Waals surface area (Å²) in [6.45, 7) is 0.749. The summed E-state index contributed by atoms with van der Waals surface area (Å²) < 4.78 is 13.2. The van der Waals surface area contributed by atoms with Crippen LogP contribution < -0.4 is 4.90 Å². The van der Waals surface area contributed by atoms with Crippen molar-refractivity contribution < 1.29 is 9.31 Å². The monoisotopic (exact) mass is 274 g/mol. The van der Waals surface area contributed by atoms with E-state index >= 15 is 0 Å². The fraction of sp³-hybridized carbons (Fsp3) is 0.231. The van der Waals surface area contributed by atoms with Crippen LogP contribution in [-0.4, -0.2) is 21.4 Å². The molecule has 1 aliphatic rings. The van der Waals surface area contributed by atoms with Crippen molar-refractivity contribution >= 4 is 11.6 Å². The molecule has 102 valence electrons. The molecule has 2 heterocycles. The van der Waals surface area contributed by atoms with Crippen molar-refractivity contribution in [3.05, 3.63) is 58.2 Å². The maximum Gasteiger partial charge on any atom is 0.305 e. The second-order valence-corrected chi connectivity index (χ2v) is 4.55. The zero-order valence-corrected chi connectivity index (χ0v) is 10.4. The first-order valence-corrected chi connectivity index (χ1v) is 6.14. The van der Waals surface area contributed by atoms with E-state index in [0.717, 1.165) is 18.5 Å². The fourth-order valence-electron chi connectivity index (χ4n) is 2.24. The molecule has 20 heavy (non-hydrogen) atoms. The smallest absolute Gasteiger partial charge is 0.305 e. The Kier molecular flexibility index (Phi) is 3.02. The zero-order chi connectivity index (χ0) is 14.1. The van der Waals surface area contributed by atoms with Crippen molar-refractivity contribution in [1.82, 2.24) is 9.97 Å². The highest BCUT2D eigenvalue weighted by atomic mass is 19.1. The minimum Gasteiger partial charge on any atom is -0.334 e. The van der Waals surface area contributed by atoms with E-state index in [1.807, 2.05) is 11.0 Å². The van der Waals surface area contributed by atoms with E-state index in [2.05, 4.69) is 9.97 Å². The molecule has 0 amide bonds. The third kappa shape index (κ3) is 2.18. The van der Waals surface area contributed by atoms with Crippen LogP contribution >= 0.6 is 0 Å². The molecule has 1 aromatic heterocycles. The van der Waals surface area contributed by atoms with Gasteiger partial charge in [0.2, 0.25) is 5.95 Å². The number of rotatable bonds is 3. The van der Waals surface area contributed by atoms with Crippen LogP contribution in [0, 0.1) is 15.9 Å². The first-order valence-electron chi connectivity index (χ1n) is 6.14. The Balaban J connectivity index is 1.82. The largest absolute Gasteiger partial charge is 0.334 e. The number of hydrogen-bond acceptors (Lipinski definition) is 5. The molecule has 0 saturated carbocycles. The molecule has 1 atom stereocenters. The molecule has 1 unspecified atom stereocenters. The normalized spacial score (nSPS) is 17.6. The topological polar surface area (TPSA) is 72.2 Å². The number of aromatic nitrogens is 2. The van der Waals surface area contributed by atoms with Crippen molar-refractivity contribution in [1.29, 1.82) is 0 Å². The predicted molar refractivity (Wildman–Crippen MR) is 69.8 cm³/mol. The molecule has 0 radical (unpaired) electrons. The number of nitro groups is 1. The van der Waals surface area contributed by atoms with Crippen LogP contribution in [0.2, 0.25) is 0 Å². The maximum absolute atomic E-state index is 13.2. The second-order valence-electron chi connectivity index (χ2n) is 4.55. The first-order chi connectivity index (χ1) is 9.65. The second kappa shape index (κ2) is 4.84. The van der Waals surface area contributed by atoms with E-state index < -0.39 is 4.92 Å². The van der Waals surface area contributed by atoms with Crippen LogP contribution in [0.1, 0.15) is 18.0 Å². The average Bonchev–Trinajstić information content (AvgIpc) is 2.38. The van der Waals surface area contributed by atoms with Crippen LogP contribution in [-0.2, 0) is 0 Å². The Morgan fingerprint density at radius 1 is 1.35 bits per heavy atom. The molecule has 1 fully saturated rings. The van der Waals surface area contributed by atoms with Gasteiger partial charge < -0.3 is 4.90 Å². The van der Waals surface area contributed by atoms with E-state index in [0.29, 0.717) is 5.95 Å². The summed E-state index contributed by atoms with van der Waals surface area (Å²) in [5, 5.41) is 10.6. The summed E-state index contributed by atoms with van der Waals surface area (Å²) in [6.07, 6.45) is 3.25.